The summed E-state index contributed by atoms with van der Waals surface area (Å²) in [5, 5.41) is 0. The lowest BCUT2D eigenvalue weighted by Crippen LogP contribution is -3.07. The summed E-state index contributed by atoms with van der Waals surface area (Å²) in [5.74, 6) is 7.62. The molecule has 46 heavy (non-hydrogen) atoms. The van der Waals surface area contributed by atoms with E-state index in [0.29, 0.717) is 17.0 Å². The number of fused-ring (bicyclic) bond motifs is 1. The molecule has 0 radical (unpaired) electrons. The van der Waals surface area contributed by atoms with Gasteiger partial charge in [-0.25, -0.2) is 0 Å². The van der Waals surface area contributed by atoms with Crippen molar-refractivity contribution in [1.82, 2.24) is 0 Å². The van der Waals surface area contributed by atoms with Crippen molar-refractivity contribution in [2.75, 3.05) is 17.9 Å². The predicted molar refractivity (Wildman–Crippen MR) is 190 cm³/mol. The van der Waals surface area contributed by atoms with Crippen LogP contribution >= 0.6 is 0 Å². The van der Waals surface area contributed by atoms with Crippen LogP contribution in [-0.4, -0.2) is 25.7 Å². The minimum Gasteiger partial charge on any atom is -0.439 e. The molecule has 228 valence electrons. The number of nitrogens with zero attached hydrogens (tertiary/aromatic N) is 1. The van der Waals surface area contributed by atoms with E-state index in [1.54, 1.807) is 11.0 Å². The van der Waals surface area contributed by atoms with Crippen LogP contribution in [0.2, 0.25) is 0 Å². The molecule has 6 rings (SSSR count). The van der Waals surface area contributed by atoms with Crippen LogP contribution in [0.4, 0.5) is 11.4 Å². The number of rotatable bonds is 10. The Balaban J connectivity index is 1.29. The highest BCUT2D eigenvalue weighted by Gasteiger charge is 2.39. The number of para-hydroxylation sites is 2. The van der Waals surface area contributed by atoms with E-state index in [9.17, 15) is 4.79 Å². The maximum atomic E-state index is 13.7. The van der Waals surface area contributed by atoms with Gasteiger partial charge in [0.1, 0.15) is 5.69 Å². The van der Waals surface area contributed by atoms with Crippen LogP contribution in [0.1, 0.15) is 45.1 Å². The first-order chi connectivity index (χ1) is 22.7. The van der Waals surface area contributed by atoms with E-state index in [2.05, 4.69) is 79.0 Å². The molecule has 0 spiro atoms. The zero-order valence-corrected chi connectivity index (χ0v) is 26.7. The Morgan fingerprint density at radius 3 is 1.93 bits per heavy atom. The second kappa shape index (κ2) is 14.8. The zero-order chi connectivity index (χ0) is 31.7. The molecule has 0 amide bonds. The minimum atomic E-state index is -0.190. The summed E-state index contributed by atoms with van der Waals surface area (Å²) in [7, 11) is 0. The highest BCUT2D eigenvalue weighted by atomic mass is 16.5. The molecule has 1 N–H and O–H groups in total. The van der Waals surface area contributed by atoms with Crippen molar-refractivity contribution in [2.45, 2.75) is 39.5 Å². The van der Waals surface area contributed by atoms with Crippen molar-refractivity contribution < 1.29 is 14.4 Å². The van der Waals surface area contributed by atoms with Crippen molar-refractivity contribution in [3.05, 3.63) is 150 Å². The number of quaternary nitrogens is 1. The van der Waals surface area contributed by atoms with Crippen LogP contribution in [0.15, 0.2) is 144 Å². The summed E-state index contributed by atoms with van der Waals surface area (Å²) in [4.78, 5) is 17.4. The summed E-state index contributed by atoms with van der Waals surface area (Å²) in [6.45, 7) is 6.61. The number of nitrogens with one attached hydrogen (secondary N) is 1. The number of ketones is 1. The third-order valence-electron chi connectivity index (χ3n) is 8.56. The highest BCUT2D eigenvalue weighted by molar-refractivity contribution is 6.88. The van der Waals surface area contributed by atoms with Gasteiger partial charge < -0.3 is 14.4 Å². The number of hydrogen-bond donors (Lipinski definition) is 1. The summed E-state index contributed by atoms with van der Waals surface area (Å²) in [6, 6.07) is 37.2. The number of allylic oxidation sites excluding steroid dienone is 5. The fraction of sp³-hybridized carbons (Fsp3) is 0.195. The van der Waals surface area contributed by atoms with Crippen LogP contribution in [0.5, 0.6) is 5.75 Å². The first-order valence-corrected chi connectivity index (χ1v) is 16.5. The normalized spacial score (nSPS) is 15.2. The number of carbonyl (C=O) groups is 1. The van der Waals surface area contributed by atoms with Crippen molar-refractivity contribution in [3.63, 3.8) is 0 Å². The van der Waals surface area contributed by atoms with E-state index < -0.39 is 0 Å². The van der Waals surface area contributed by atoms with Crippen molar-refractivity contribution in [1.29, 1.82) is 0 Å². The first kappa shape index (κ1) is 31.0. The van der Waals surface area contributed by atoms with Gasteiger partial charge in [-0.05, 0) is 49.3 Å². The molecular weight excluding hydrogens is 563 g/mol. The third kappa shape index (κ3) is 6.94. The van der Waals surface area contributed by atoms with E-state index in [1.807, 2.05) is 72.8 Å². The van der Waals surface area contributed by atoms with Gasteiger partial charge in [0, 0.05) is 29.3 Å². The molecule has 4 aromatic rings. The zero-order valence-electron chi connectivity index (χ0n) is 26.7. The largest absolute Gasteiger partial charge is 0.439 e. The first-order valence-electron chi connectivity index (χ1n) is 16.5. The van der Waals surface area contributed by atoms with Gasteiger partial charge in [0.25, 0.3) is 0 Å². The number of ether oxygens (including phenoxy) is 1. The summed E-state index contributed by atoms with van der Waals surface area (Å²) >= 11 is 0. The number of benzene rings is 4. The third-order valence-corrected chi connectivity index (χ3v) is 8.56. The molecule has 0 atom stereocenters. The number of hydrogen-bond acceptors (Lipinski definition) is 3. The fourth-order valence-corrected chi connectivity index (χ4v) is 6.11. The number of anilines is 1. The Labute approximate surface area is 273 Å². The second-order valence-corrected chi connectivity index (χ2v) is 11.8. The van der Waals surface area contributed by atoms with Gasteiger partial charge in [-0.1, -0.05) is 122 Å². The number of carbonyl (C=O) groups excluding carboxylic acids is 1. The van der Waals surface area contributed by atoms with Gasteiger partial charge in [0.15, 0.2) is 17.4 Å². The molecular formula is C41H40BN2O2+. The standard InChI is InChI=1S/C41H39BN2O2/c1-3-5-29-43(30-6-4-2)36-26-23-32(24-27-36)21-22-33-25-28-37(39(45)31-33)41-44(38-19-13-14-20-40(38)46-41)42(34-15-9-7-10-16-34)35-17-11-8-12-18-35/h7-20,23-28,31H,3-6,29-30H2,1-2H3/p+1. The Kier molecular flexibility index (Phi) is 9.98. The van der Waals surface area contributed by atoms with Crippen molar-refractivity contribution in [2.24, 2.45) is 0 Å². The van der Waals surface area contributed by atoms with Crippen LogP contribution in [-0.2, 0) is 4.79 Å². The van der Waals surface area contributed by atoms with E-state index >= 15 is 0 Å². The van der Waals surface area contributed by atoms with Gasteiger partial charge in [-0.2, -0.15) is 0 Å². The van der Waals surface area contributed by atoms with Gasteiger partial charge in [0.05, 0.1) is 24.4 Å². The lowest BCUT2D eigenvalue weighted by atomic mass is 9.49. The molecule has 4 aromatic carbocycles. The molecule has 1 aliphatic carbocycles. The molecule has 0 fully saturated rings. The molecule has 0 saturated heterocycles. The minimum absolute atomic E-state index is 0.124. The summed E-state index contributed by atoms with van der Waals surface area (Å²) in [5.41, 5.74) is 6.58. The molecule has 0 unspecified atom stereocenters. The van der Waals surface area contributed by atoms with Gasteiger partial charge in [-0.15, -0.1) is 0 Å². The van der Waals surface area contributed by atoms with Crippen molar-refractivity contribution in [3.8, 4) is 17.6 Å². The maximum absolute atomic E-state index is 13.7. The molecule has 0 saturated carbocycles. The fourth-order valence-electron chi connectivity index (χ4n) is 6.11. The molecule has 4 nitrogen and oxygen atoms in total. The Hall–Kier alpha value is -5.05. The summed E-state index contributed by atoms with van der Waals surface area (Å²) < 4.78 is 6.46. The average molecular weight is 604 g/mol. The van der Waals surface area contributed by atoms with Crippen molar-refractivity contribution >= 4 is 34.9 Å². The smallest absolute Gasteiger partial charge is 0.331 e. The van der Waals surface area contributed by atoms with Gasteiger partial charge >= 0.3 is 6.85 Å². The van der Waals surface area contributed by atoms with E-state index in [-0.39, 0.29) is 12.6 Å². The van der Waals surface area contributed by atoms with Gasteiger partial charge in [0.2, 0.25) is 0 Å². The molecule has 1 heterocycles. The quantitative estimate of drug-likeness (QED) is 0.135. The average Bonchev–Trinajstić information content (AvgIpc) is 3.47. The Morgan fingerprint density at radius 1 is 0.717 bits per heavy atom. The van der Waals surface area contributed by atoms with Gasteiger partial charge in [-0.3, -0.25) is 4.79 Å². The highest BCUT2D eigenvalue weighted by Crippen LogP contribution is 2.41. The van der Waals surface area contributed by atoms with E-state index in [1.165, 1.54) is 31.4 Å². The Morgan fingerprint density at radius 2 is 1.33 bits per heavy atom. The Bertz CT molecular complexity index is 1770. The molecule has 1 aliphatic heterocycles. The van der Waals surface area contributed by atoms with Crippen LogP contribution in [0, 0.1) is 11.8 Å². The molecule has 5 heteroatoms. The van der Waals surface area contributed by atoms with Crippen LogP contribution < -0.4 is 25.4 Å². The van der Waals surface area contributed by atoms with Crippen LogP contribution in [0.3, 0.4) is 0 Å². The molecule has 0 aromatic heterocycles. The van der Waals surface area contributed by atoms with E-state index in [0.717, 1.165) is 41.0 Å². The lowest BCUT2D eigenvalue weighted by molar-refractivity contribution is -0.833. The second-order valence-electron chi connectivity index (χ2n) is 11.8. The van der Waals surface area contributed by atoms with Crippen LogP contribution in [0.25, 0.3) is 0 Å². The lowest BCUT2D eigenvalue weighted by Gasteiger charge is -2.28. The molecule has 0 bridgehead atoms. The predicted octanol–water partition coefficient (Wildman–Crippen LogP) is 6.14. The topological polar surface area (TPSA) is 34.0 Å². The number of unbranched alkanes of at least 4 members (excludes halogenated alkanes) is 2. The SMILES string of the molecule is CCCC[NH+](CCCC)c1ccc(C#CC2=CC(=O)C(=C3Oc4ccccc4N3B(c3ccccc3)c3ccccc3)C=C2)cc1. The maximum Gasteiger partial charge on any atom is 0.331 e. The monoisotopic (exact) mass is 603 g/mol. The van der Waals surface area contributed by atoms with E-state index in [4.69, 9.17) is 4.74 Å². The summed E-state index contributed by atoms with van der Waals surface area (Å²) in [6.07, 6.45) is 10.2. The molecule has 2 aliphatic rings.